The predicted molar refractivity (Wildman–Crippen MR) is 110 cm³/mol. The number of ether oxygens (including phenoxy) is 2. The van der Waals surface area contributed by atoms with Gasteiger partial charge >= 0.3 is 0 Å². The molecule has 0 fully saturated rings. The zero-order valence-electron chi connectivity index (χ0n) is 14.9. The molecule has 0 saturated carbocycles. The first-order valence-electron chi connectivity index (χ1n) is 8.58. The third kappa shape index (κ3) is 2.91. The van der Waals surface area contributed by atoms with Crippen LogP contribution in [0.5, 0.6) is 11.5 Å². The van der Waals surface area contributed by atoms with Crippen LogP contribution in [0.2, 0.25) is 0 Å². The van der Waals surface area contributed by atoms with Crippen molar-refractivity contribution in [2.45, 2.75) is 6.92 Å². The van der Waals surface area contributed by atoms with Crippen LogP contribution in [0, 0.1) is 6.92 Å². The van der Waals surface area contributed by atoms with Crippen molar-refractivity contribution >= 4 is 49.7 Å². The molecule has 3 heterocycles. The Hall–Kier alpha value is -3.59. The standard InChI is InChI=1S/C19H16N6O2S/c1-10-3-2-4-14-16(10)24-19(28-14)25-18-15(20)17(21-8-22-18)23-11-5-6-12-13(7-11)27-9-26-12/h2-8H,9,20H2,1H3,(H2,21,22,23,24,25). The van der Waals surface area contributed by atoms with Gasteiger partial charge in [-0.05, 0) is 30.7 Å². The highest BCUT2D eigenvalue weighted by molar-refractivity contribution is 7.22. The van der Waals surface area contributed by atoms with E-state index in [0.717, 1.165) is 32.3 Å². The number of para-hydroxylation sites is 1. The number of thiazole rings is 1. The molecule has 2 aromatic heterocycles. The Balaban J connectivity index is 1.42. The topological polar surface area (TPSA) is 107 Å². The average Bonchev–Trinajstić information content (AvgIpc) is 3.32. The van der Waals surface area contributed by atoms with Crippen molar-refractivity contribution in [3.05, 3.63) is 48.3 Å². The molecule has 0 bridgehead atoms. The van der Waals surface area contributed by atoms with Crippen molar-refractivity contribution < 1.29 is 9.47 Å². The van der Waals surface area contributed by atoms with Crippen LogP contribution in [-0.2, 0) is 0 Å². The maximum atomic E-state index is 6.29. The van der Waals surface area contributed by atoms with Crippen molar-refractivity contribution in [1.82, 2.24) is 15.0 Å². The molecule has 0 unspecified atom stereocenters. The van der Waals surface area contributed by atoms with Crippen molar-refractivity contribution in [2.24, 2.45) is 0 Å². The molecule has 2 aromatic carbocycles. The lowest BCUT2D eigenvalue weighted by atomic mass is 10.2. The number of fused-ring (bicyclic) bond motifs is 2. The number of hydrogen-bond donors (Lipinski definition) is 3. The van der Waals surface area contributed by atoms with E-state index >= 15 is 0 Å². The molecule has 9 heteroatoms. The molecule has 0 saturated heterocycles. The minimum Gasteiger partial charge on any atom is -0.454 e. The molecule has 0 aliphatic carbocycles. The Morgan fingerprint density at radius 1 is 1.04 bits per heavy atom. The first-order valence-corrected chi connectivity index (χ1v) is 9.39. The van der Waals surface area contributed by atoms with Crippen LogP contribution in [0.15, 0.2) is 42.7 Å². The summed E-state index contributed by atoms with van der Waals surface area (Å²) in [6.45, 7) is 2.27. The molecule has 4 N–H and O–H groups in total. The number of aromatic nitrogens is 3. The maximum absolute atomic E-state index is 6.29. The third-order valence-corrected chi connectivity index (χ3v) is 5.30. The second kappa shape index (κ2) is 6.54. The van der Waals surface area contributed by atoms with E-state index in [2.05, 4.69) is 25.6 Å². The van der Waals surface area contributed by atoms with Crippen molar-refractivity contribution in [3.8, 4) is 11.5 Å². The molecule has 140 valence electrons. The maximum Gasteiger partial charge on any atom is 0.231 e. The van der Waals surface area contributed by atoms with Crippen LogP contribution in [0.25, 0.3) is 10.2 Å². The minimum absolute atomic E-state index is 0.226. The molecule has 0 spiro atoms. The summed E-state index contributed by atoms with van der Waals surface area (Å²) in [7, 11) is 0. The summed E-state index contributed by atoms with van der Waals surface area (Å²) in [4.78, 5) is 13.2. The van der Waals surface area contributed by atoms with Crippen molar-refractivity contribution in [1.29, 1.82) is 0 Å². The highest BCUT2D eigenvalue weighted by Gasteiger charge is 2.15. The smallest absolute Gasteiger partial charge is 0.231 e. The number of nitrogens with one attached hydrogen (secondary N) is 2. The quantitative estimate of drug-likeness (QED) is 0.474. The van der Waals surface area contributed by atoms with Crippen LogP contribution in [0.4, 0.5) is 28.1 Å². The Morgan fingerprint density at radius 3 is 2.71 bits per heavy atom. The van der Waals surface area contributed by atoms with E-state index in [1.165, 1.54) is 6.33 Å². The zero-order valence-corrected chi connectivity index (χ0v) is 15.7. The molecule has 8 nitrogen and oxygen atoms in total. The number of benzene rings is 2. The fraction of sp³-hybridized carbons (Fsp3) is 0.105. The summed E-state index contributed by atoms with van der Waals surface area (Å²) in [5.41, 5.74) is 9.58. The van der Waals surface area contributed by atoms with Gasteiger partial charge in [0.15, 0.2) is 28.3 Å². The summed E-state index contributed by atoms with van der Waals surface area (Å²) in [6, 6.07) is 11.7. The number of nitrogens with zero attached hydrogens (tertiary/aromatic N) is 3. The summed E-state index contributed by atoms with van der Waals surface area (Å²) in [5, 5.41) is 7.12. The first-order chi connectivity index (χ1) is 13.7. The van der Waals surface area contributed by atoms with E-state index in [4.69, 9.17) is 15.2 Å². The van der Waals surface area contributed by atoms with Crippen LogP contribution < -0.4 is 25.8 Å². The van der Waals surface area contributed by atoms with Gasteiger partial charge in [0.25, 0.3) is 0 Å². The summed E-state index contributed by atoms with van der Waals surface area (Å²) >= 11 is 1.55. The van der Waals surface area contributed by atoms with Gasteiger partial charge in [0.2, 0.25) is 6.79 Å². The van der Waals surface area contributed by atoms with Gasteiger partial charge in [-0.2, -0.15) is 0 Å². The lowest BCUT2D eigenvalue weighted by Gasteiger charge is -2.11. The summed E-state index contributed by atoms with van der Waals surface area (Å²) in [5.74, 6) is 2.39. The van der Waals surface area contributed by atoms with E-state index in [1.807, 2.05) is 43.3 Å². The molecule has 1 aliphatic rings. The second-order valence-corrected chi connectivity index (χ2v) is 7.27. The fourth-order valence-electron chi connectivity index (χ4n) is 2.95. The average molecular weight is 392 g/mol. The number of nitrogen functional groups attached to an aromatic ring is 1. The number of anilines is 5. The van der Waals surface area contributed by atoms with Crippen LogP contribution >= 0.6 is 11.3 Å². The molecule has 0 atom stereocenters. The largest absolute Gasteiger partial charge is 0.454 e. The minimum atomic E-state index is 0.226. The Kier molecular flexibility index (Phi) is 3.87. The number of aryl methyl sites for hydroxylation is 1. The molecule has 1 aliphatic heterocycles. The summed E-state index contributed by atoms with van der Waals surface area (Å²) in [6.07, 6.45) is 1.45. The Labute approximate surface area is 164 Å². The summed E-state index contributed by atoms with van der Waals surface area (Å²) < 4.78 is 11.8. The van der Waals surface area contributed by atoms with E-state index in [0.29, 0.717) is 23.1 Å². The molecule has 0 amide bonds. The number of nitrogens with two attached hydrogens (primary N) is 1. The second-order valence-electron chi connectivity index (χ2n) is 6.24. The normalized spacial score (nSPS) is 12.3. The zero-order chi connectivity index (χ0) is 19.1. The van der Waals surface area contributed by atoms with Gasteiger partial charge in [0.1, 0.15) is 12.0 Å². The molecular formula is C19H16N6O2S. The van der Waals surface area contributed by atoms with Gasteiger partial charge in [-0.1, -0.05) is 23.5 Å². The molecule has 28 heavy (non-hydrogen) atoms. The van der Waals surface area contributed by atoms with Crippen LogP contribution in [-0.4, -0.2) is 21.7 Å². The fourth-order valence-corrected chi connectivity index (χ4v) is 3.89. The first kappa shape index (κ1) is 16.6. The van der Waals surface area contributed by atoms with E-state index in [-0.39, 0.29) is 6.79 Å². The Bertz CT molecular complexity index is 1190. The van der Waals surface area contributed by atoms with Gasteiger partial charge in [0, 0.05) is 11.8 Å². The van der Waals surface area contributed by atoms with Crippen LogP contribution in [0.3, 0.4) is 0 Å². The van der Waals surface area contributed by atoms with Crippen molar-refractivity contribution in [2.75, 3.05) is 23.2 Å². The van der Waals surface area contributed by atoms with E-state index in [1.54, 1.807) is 11.3 Å². The van der Waals surface area contributed by atoms with Gasteiger partial charge in [-0.3, -0.25) is 0 Å². The van der Waals surface area contributed by atoms with Gasteiger partial charge in [-0.25, -0.2) is 15.0 Å². The van der Waals surface area contributed by atoms with E-state index < -0.39 is 0 Å². The number of hydrogen-bond acceptors (Lipinski definition) is 9. The van der Waals surface area contributed by atoms with Crippen molar-refractivity contribution in [3.63, 3.8) is 0 Å². The lowest BCUT2D eigenvalue weighted by molar-refractivity contribution is 0.174. The molecule has 5 rings (SSSR count). The van der Waals surface area contributed by atoms with E-state index in [9.17, 15) is 0 Å². The lowest BCUT2D eigenvalue weighted by Crippen LogP contribution is -2.05. The predicted octanol–water partition coefficient (Wildman–Crippen LogP) is 4.19. The molecular weight excluding hydrogens is 376 g/mol. The highest BCUT2D eigenvalue weighted by Crippen LogP contribution is 2.37. The van der Waals surface area contributed by atoms with Crippen LogP contribution in [0.1, 0.15) is 5.56 Å². The highest BCUT2D eigenvalue weighted by atomic mass is 32.1. The Morgan fingerprint density at radius 2 is 1.86 bits per heavy atom. The SMILES string of the molecule is Cc1cccc2sc(Nc3ncnc(Nc4ccc5c(c4)OCO5)c3N)nc12. The number of rotatable bonds is 4. The molecule has 4 aromatic rings. The van der Waals surface area contributed by atoms with Gasteiger partial charge < -0.3 is 25.8 Å². The van der Waals surface area contributed by atoms with Gasteiger partial charge in [-0.15, -0.1) is 0 Å². The molecule has 0 radical (unpaired) electrons. The van der Waals surface area contributed by atoms with Gasteiger partial charge in [0.05, 0.1) is 10.2 Å². The monoisotopic (exact) mass is 392 g/mol. The third-order valence-electron chi connectivity index (χ3n) is 4.37.